The molecule has 2 aromatic carbocycles. The molecule has 1 aliphatic rings. The van der Waals surface area contributed by atoms with E-state index in [2.05, 4.69) is 17.0 Å². The van der Waals surface area contributed by atoms with E-state index in [1.807, 2.05) is 66.4 Å². The van der Waals surface area contributed by atoms with Gasteiger partial charge in [0.2, 0.25) is 5.88 Å². The topological polar surface area (TPSA) is 58.8 Å². The number of amides is 1. The van der Waals surface area contributed by atoms with E-state index in [-0.39, 0.29) is 5.91 Å². The van der Waals surface area contributed by atoms with Gasteiger partial charge in [-0.3, -0.25) is 4.79 Å². The Bertz CT molecular complexity index is 1070. The summed E-state index contributed by atoms with van der Waals surface area (Å²) in [6, 6.07) is 17.9. The molecule has 0 spiro atoms. The molecule has 1 saturated heterocycles. The number of methoxy groups -OCH3 is 1. The van der Waals surface area contributed by atoms with Crippen molar-refractivity contribution >= 4 is 11.8 Å². The Morgan fingerprint density at radius 2 is 1.91 bits per heavy atom. The Kier molecular flexibility index (Phi) is 8.01. The standard InChI is InChI=1S/C28H35N3O3/c1-21-13-16-30(17-14-21)28-25(26(29-34-28)23-10-5-4-6-11-23)20-31(15-8-18-33-3)27(32)24-12-7-9-22(2)19-24/h4-7,9-12,19,21H,8,13-18,20H2,1-3H3. The smallest absolute Gasteiger partial charge is 0.254 e. The highest BCUT2D eigenvalue weighted by Crippen LogP contribution is 2.34. The van der Waals surface area contributed by atoms with Gasteiger partial charge in [-0.05, 0) is 44.2 Å². The van der Waals surface area contributed by atoms with Gasteiger partial charge in [0.1, 0.15) is 5.69 Å². The summed E-state index contributed by atoms with van der Waals surface area (Å²) in [7, 11) is 1.69. The first kappa shape index (κ1) is 24.0. The van der Waals surface area contributed by atoms with Crippen molar-refractivity contribution in [3.05, 3.63) is 71.3 Å². The second-order valence-electron chi connectivity index (χ2n) is 9.29. The van der Waals surface area contributed by atoms with Crippen LogP contribution in [0.3, 0.4) is 0 Å². The highest BCUT2D eigenvalue weighted by Gasteiger charge is 2.28. The molecule has 3 aromatic rings. The molecule has 6 heteroatoms. The summed E-state index contributed by atoms with van der Waals surface area (Å²) in [5.41, 5.74) is 4.55. The number of carbonyl (C=O) groups is 1. The molecular weight excluding hydrogens is 426 g/mol. The lowest BCUT2D eigenvalue weighted by Crippen LogP contribution is -2.35. The number of anilines is 1. The van der Waals surface area contributed by atoms with Crippen LogP contribution in [-0.4, -0.2) is 49.3 Å². The molecule has 1 fully saturated rings. The number of nitrogens with zero attached hydrogens (tertiary/aromatic N) is 3. The third-order valence-corrected chi connectivity index (χ3v) is 6.56. The molecule has 1 aliphatic heterocycles. The van der Waals surface area contributed by atoms with Crippen LogP contribution < -0.4 is 4.90 Å². The lowest BCUT2D eigenvalue weighted by Gasteiger charge is -2.31. The molecule has 2 heterocycles. The predicted molar refractivity (Wildman–Crippen MR) is 135 cm³/mol. The van der Waals surface area contributed by atoms with Crippen LogP contribution in [0.4, 0.5) is 5.88 Å². The van der Waals surface area contributed by atoms with Gasteiger partial charge < -0.3 is 19.1 Å². The third kappa shape index (κ3) is 5.68. The summed E-state index contributed by atoms with van der Waals surface area (Å²) in [5, 5.41) is 4.50. The SMILES string of the molecule is COCCCN(Cc1c(-c2ccccc2)noc1N1CCC(C)CC1)C(=O)c1cccc(C)c1. The van der Waals surface area contributed by atoms with Gasteiger partial charge in [0.25, 0.3) is 5.91 Å². The zero-order chi connectivity index (χ0) is 23.9. The van der Waals surface area contributed by atoms with Crippen LogP contribution in [-0.2, 0) is 11.3 Å². The average Bonchev–Trinajstić information content (AvgIpc) is 3.27. The van der Waals surface area contributed by atoms with Gasteiger partial charge in [-0.2, -0.15) is 0 Å². The molecule has 0 radical (unpaired) electrons. The minimum absolute atomic E-state index is 0.0123. The Balaban J connectivity index is 1.69. The van der Waals surface area contributed by atoms with E-state index >= 15 is 0 Å². The van der Waals surface area contributed by atoms with Crippen molar-refractivity contribution in [2.75, 3.05) is 38.3 Å². The predicted octanol–water partition coefficient (Wildman–Crippen LogP) is 5.57. The van der Waals surface area contributed by atoms with Crippen LogP contribution >= 0.6 is 0 Å². The minimum atomic E-state index is 0.0123. The zero-order valence-electron chi connectivity index (χ0n) is 20.5. The Hall–Kier alpha value is -3.12. The van der Waals surface area contributed by atoms with E-state index in [0.717, 1.165) is 60.6 Å². The van der Waals surface area contributed by atoms with Crippen molar-refractivity contribution in [2.45, 2.75) is 39.7 Å². The fourth-order valence-corrected chi connectivity index (χ4v) is 4.53. The Morgan fingerprint density at radius 3 is 2.62 bits per heavy atom. The normalized spacial score (nSPS) is 14.4. The summed E-state index contributed by atoms with van der Waals surface area (Å²) < 4.78 is 11.2. The monoisotopic (exact) mass is 461 g/mol. The van der Waals surface area contributed by atoms with Crippen LogP contribution in [0.15, 0.2) is 59.1 Å². The van der Waals surface area contributed by atoms with Crippen molar-refractivity contribution in [1.82, 2.24) is 10.1 Å². The third-order valence-electron chi connectivity index (χ3n) is 6.56. The zero-order valence-corrected chi connectivity index (χ0v) is 20.5. The largest absolute Gasteiger partial charge is 0.385 e. The van der Waals surface area contributed by atoms with Gasteiger partial charge in [0.05, 0.1) is 12.1 Å². The molecule has 4 rings (SSSR count). The molecule has 0 saturated carbocycles. The number of aryl methyl sites for hydroxylation is 1. The molecule has 1 amide bonds. The number of piperidine rings is 1. The second-order valence-corrected chi connectivity index (χ2v) is 9.29. The van der Waals surface area contributed by atoms with Crippen molar-refractivity contribution < 1.29 is 14.1 Å². The number of ether oxygens (including phenoxy) is 1. The lowest BCUT2D eigenvalue weighted by atomic mass is 9.98. The van der Waals surface area contributed by atoms with Crippen molar-refractivity contribution in [1.29, 1.82) is 0 Å². The first-order chi connectivity index (χ1) is 16.6. The minimum Gasteiger partial charge on any atom is -0.385 e. The van der Waals surface area contributed by atoms with Crippen molar-refractivity contribution in [2.24, 2.45) is 5.92 Å². The number of hydrogen-bond donors (Lipinski definition) is 0. The summed E-state index contributed by atoms with van der Waals surface area (Å²) in [5.74, 6) is 1.52. The number of hydrogen-bond acceptors (Lipinski definition) is 5. The molecule has 180 valence electrons. The maximum Gasteiger partial charge on any atom is 0.254 e. The fraction of sp³-hybridized carbons (Fsp3) is 0.429. The van der Waals surface area contributed by atoms with Gasteiger partial charge in [-0.1, -0.05) is 60.1 Å². The number of rotatable bonds is 9. The second kappa shape index (κ2) is 11.3. The summed E-state index contributed by atoms with van der Waals surface area (Å²) in [6.45, 7) is 7.81. The van der Waals surface area contributed by atoms with Crippen LogP contribution in [0.1, 0.15) is 47.7 Å². The van der Waals surface area contributed by atoms with E-state index in [1.54, 1.807) is 7.11 Å². The van der Waals surface area contributed by atoms with E-state index < -0.39 is 0 Å². The molecule has 34 heavy (non-hydrogen) atoms. The fourth-order valence-electron chi connectivity index (χ4n) is 4.53. The molecule has 1 aromatic heterocycles. The highest BCUT2D eigenvalue weighted by molar-refractivity contribution is 5.94. The van der Waals surface area contributed by atoms with E-state index in [1.165, 1.54) is 0 Å². The van der Waals surface area contributed by atoms with Crippen LogP contribution in [0.2, 0.25) is 0 Å². The van der Waals surface area contributed by atoms with E-state index in [0.29, 0.717) is 31.2 Å². The van der Waals surface area contributed by atoms with Gasteiger partial charge in [-0.25, -0.2) is 0 Å². The molecule has 0 aliphatic carbocycles. The molecular formula is C28H35N3O3. The van der Waals surface area contributed by atoms with Gasteiger partial charge >= 0.3 is 0 Å². The van der Waals surface area contributed by atoms with E-state index in [9.17, 15) is 4.79 Å². The number of carbonyl (C=O) groups excluding carboxylic acids is 1. The average molecular weight is 462 g/mol. The molecule has 0 bridgehead atoms. The first-order valence-electron chi connectivity index (χ1n) is 12.2. The maximum absolute atomic E-state index is 13.6. The van der Waals surface area contributed by atoms with Crippen molar-refractivity contribution in [3.63, 3.8) is 0 Å². The first-order valence-corrected chi connectivity index (χ1v) is 12.2. The molecule has 0 atom stereocenters. The Morgan fingerprint density at radius 1 is 1.15 bits per heavy atom. The van der Waals surface area contributed by atoms with Crippen LogP contribution in [0.25, 0.3) is 11.3 Å². The number of benzene rings is 2. The number of aromatic nitrogens is 1. The van der Waals surface area contributed by atoms with Crippen molar-refractivity contribution in [3.8, 4) is 11.3 Å². The van der Waals surface area contributed by atoms with Crippen LogP contribution in [0, 0.1) is 12.8 Å². The molecule has 0 unspecified atom stereocenters. The Labute approximate surface area is 202 Å². The van der Waals surface area contributed by atoms with Crippen LogP contribution in [0.5, 0.6) is 0 Å². The summed E-state index contributed by atoms with van der Waals surface area (Å²) in [6.07, 6.45) is 3.01. The molecule has 0 N–H and O–H groups in total. The summed E-state index contributed by atoms with van der Waals surface area (Å²) in [4.78, 5) is 17.8. The van der Waals surface area contributed by atoms with Gasteiger partial charge in [0, 0.05) is 44.5 Å². The maximum atomic E-state index is 13.6. The van der Waals surface area contributed by atoms with Gasteiger partial charge in [0.15, 0.2) is 0 Å². The molecule has 6 nitrogen and oxygen atoms in total. The van der Waals surface area contributed by atoms with Gasteiger partial charge in [-0.15, -0.1) is 0 Å². The lowest BCUT2D eigenvalue weighted by molar-refractivity contribution is 0.0724. The van der Waals surface area contributed by atoms with E-state index in [4.69, 9.17) is 9.26 Å². The quantitative estimate of drug-likeness (QED) is 0.390. The highest BCUT2D eigenvalue weighted by atomic mass is 16.5. The summed E-state index contributed by atoms with van der Waals surface area (Å²) >= 11 is 0.